The largest absolute Gasteiger partial charge is 0.368 e. The number of anilines is 1. The smallest absolute Gasteiger partial charge is 0.311 e. The first-order valence-corrected chi connectivity index (χ1v) is 7.65. The second-order valence-corrected chi connectivity index (χ2v) is 6.55. The van der Waals surface area contributed by atoms with Crippen molar-refractivity contribution in [2.75, 3.05) is 24.7 Å². The van der Waals surface area contributed by atoms with Crippen molar-refractivity contribution in [2.24, 2.45) is 5.92 Å². The van der Waals surface area contributed by atoms with Crippen molar-refractivity contribution in [3.8, 4) is 6.07 Å². The van der Waals surface area contributed by atoms with Gasteiger partial charge in [0.1, 0.15) is 10.6 Å². The fraction of sp³-hybridized carbons (Fsp3) is 0.417. The molecule has 20 heavy (non-hydrogen) atoms. The predicted molar refractivity (Wildman–Crippen MR) is 74.3 cm³/mol. The monoisotopic (exact) mass is 297 g/mol. The van der Waals surface area contributed by atoms with E-state index in [2.05, 4.69) is 0 Å². The number of benzene rings is 1. The van der Waals surface area contributed by atoms with E-state index < -0.39 is 20.4 Å². The molecule has 1 atom stereocenters. The van der Waals surface area contributed by atoms with Crippen LogP contribution in [0.2, 0.25) is 0 Å². The van der Waals surface area contributed by atoms with Crippen molar-refractivity contribution in [3.05, 3.63) is 28.3 Å². The van der Waals surface area contributed by atoms with Gasteiger partial charge >= 0.3 is 5.69 Å². The maximum Gasteiger partial charge on any atom is 0.311 e. The van der Waals surface area contributed by atoms with Gasteiger partial charge in [-0.1, -0.05) is 6.07 Å². The molecule has 0 bridgehead atoms. The lowest BCUT2D eigenvalue weighted by molar-refractivity contribution is -0.387. The van der Waals surface area contributed by atoms with E-state index in [9.17, 15) is 18.5 Å². The topological polar surface area (TPSA) is 104 Å². The van der Waals surface area contributed by atoms with E-state index in [0.29, 0.717) is 0 Å². The van der Waals surface area contributed by atoms with E-state index in [0.717, 1.165) is 6.26 Å². The molecular weight excluding hydrogens is 282 g/mol. The summed E-state index contributed by atoms with van der Waals surface area (Å²) in [6.45, 7) is 1.95. The summed E-state index contributed by atoms with van der Waals surface area (Å²) in [4.78, 5) is 11.7. The molecule has 0 saturated heterocycles. The summed E-state index contributed by atoms with van der Waals surface area (Å²) < 4.78 is 23.3. The van der Waals surface area contributed by atoms with Crippen LogP contribution >= 0.6 is 0 Å². The Morgan fingerprint density at radius 2 is 2.10 bits per heavy atom. The first-order valence-electron chi connectivity index (χ1n) is 5.76. The van der Waals surface area contributed by atoms with Gasteiger partial charge in [0.25, 0.3) is 0 Å². The molecule has 0 N–H and O–H groups in total. The Balaban J connectivity index is 3.42. The zero-order valence-corrected chi connectivity index (χ0v) is 12.2. The van der Waals surface area contributed by atoms with Crippen molar-refractivity contribution >= 4 is 21.2 Å². The van der Waals surface area contributed by atoms with Crippen LogP contribution < -0.4 is 4.90 Å². The third-order valence-corrected chi connectivity index (χ3v) is 3.87. The Kier molecular flexibility index (Phi) is 4.68. The van der Waals surface area contributed by atoms with Crippen LogP contribution in [0.25, 0.3) is 0 Å². The number of nitriles is 1. The van der Waals surface area contributed by atoms with Gasteiger partial charge < -0.3 is 4.90 Å². The van der Waals surface area contributed by atoms with E-state index >= 15 is 0 Å². The van der Waals surface area contributed by atoms with Crippen LogP contribution in [0.15, 0.2) is 23.1 Å². The van der Waals surface area contributed by atoms with Gasteiger partial charge in [0.2, 0.25) is 0 Å². The molecule has 0 heterocycles. The molecule has 1 rings (SSSR count). The van der Waals surface area contributed by atoms with Gasteiger partial charge in [0.15, 0.2) is 9.84 Å². The molecule has 8 heteroatoms. The maximum absolute atomic E-state index is 11.6. The standard InChI is InChI=1S/C12H15N3O4S/c1-9(7-13)8-14(2)10-5-4-6-11(20(3,18)19)12(10)15(16)17/h4-6,9H,8H2,1-3H3. The highest BCUT2D eigenvalue weighted by Crippen LogP contribution is 2.34. The molecule has 0 aromatic heterocycles. The molecule has 0 fully saturated rings. The van der Waals surface area contributed by atoms with Crippen LogP contribution in [0.4, 0.5) is 11.4 Å². The first-order chi connectivity index (χ1) is 9.18. The minimum atomic E-state index is -3.70. The zero-order chi connectivity index (χ0) is 15.5. The summed E-state index contributed by atoms with van der Waals surface area (Å²) in [5.74, 6) is -0.332. The van der Waals surface area contributed by atoms with Crippen LogP contribution in [0, 0.1) is 27.4 Å². The van der Waals surface area contributed by atoms with Crippen molar-refractivity contribution < 1.29 is 13.3 Å². The molecule has 0 radical (unpaired) electrons. The summed E-state index contributed by atoms with van der Waals surface area (Å²) in [6.07, 6.45) is 0.928. The number of para-hydroxylation sites is 1. The molecule has 1 unspecified atom stereocenters. The van der Waals surface area contributed by atoms with Crippen LogP contribution in [0.5, 0.6) is 0 Å². The van der Waals surface area contributed by atoms with Crippen LogP contribution in [-0.2, 0) is 9.84 Å². The summed E-state index contributed by atoms with van der Waals surface area (Å²) in [6, 6.07) is 6.16. The molecule has 0 aliphatic carbocycles. The molecule has 108 valence electrons. The van der Waals surface area contributed by atoms with E-state index in [1.54, 1.807) is 14.0 Å². The van der Waals surface area contributed by atoms with Gasteiger partial charge in [-0.25, -0.2) is 8.42 Å². The second kappa shape index (κ2) is 5.88. The molecule has 0 saturated carbocycles. The molecule has 0 spiro atoms. The fourth-order valence-electron chi connectivity index (χ4n) is 1.85. The summed E-state index contributed by atoms with van der Waals surface area (Å²) in [5, 5.41) is 20.0. The molecule has 1 aromatic carbocycles. The zero-order valence-electron chi connectivity index (χ0n) is 11.4. The van der Waals surface area contributed by atoms with Crippen LogP contribution in [0.1, 0.15) is 6.92 Å². The fourth-order valence-corrected chi connectivity index (χ4v) is 2.71. The number of nitrogens with zero attached hydrogens (tertiary/aromatic N) is 3. The Morgan fingerprint density at radius 1 is 1.50 bits per heavy atom. The second-order valence-electron chi connectivity index (χ2n) is 4.56. The molecule has 0 aliphatic rings. The molecule has 0 aliphatic heterocycles. The lowest BCUT2D eigenvalue weighted by Crippen LogP contribution is -2.24. The van der Waals surface area contributed by atoms with Gasteiger partial charge in [0.05, 0.1) is 16.9 Å². The minimum Gasteiger partial charge on any atom is -0.368 e. The Bertz CT molecular complexity index is 664. The Labute approximate surface area is 117 Å². The Morgan fingerprint density at radius 3 is 2.55 bits per heavy atom. The number of rotatable bonds is 5. The number of hydrogen-bond acceptors (Lipinski definition) is 6. The molecule has 7 nitrogen and oxygen atoms in total. The van der Waals surface area contributed by atoms with Gasteiger partial charge in [-0.05, 0) is 19.1 Å². The minimum absolute atomic E-state index is 0.181. The number of sulfone groups is 1. The predicted octanol–water partition coefficient (Wildman–Crippen LogP) is 1.59. The van der Waals surface area contributed by atoms with Crippen LogP contribution in [-0.4, -0.2) is 33.2 Å². The van der Waals surface area contributed by atoms with E-state index in [1.165, 1.54) is 23.1 Å². The molecule has 0 amide bonds. The van der Waals surface area contributed by atoms with Crippen LogP contribution in [0.3, 0.4) is 0 Å². The van der Waals surface area contributed by atoms with Crippen molar-refractivity contribution in [3.63, 3.8) is 0 Å². The summed E-state index contributed by atoms with van der Waals surface area (Å²) in [5.41, 5.74) is -0.275. The SMILES string of the molecule is CC(C#N)CN(C)c1cccc(S(C)(=O)=O)c1[N+](=O)[O-]. The summed E-state index contributed by atoms with van der Waals surface area (Å²) in [7, 11) is -2.12. The maximum atomic E-state index is 11.6. The van der Waals surface area contributed by atoms with E-state index in [-0.39, 0.29) is 23.0 Å². The molecule has 1 aromatic rings. The van der Waals surface area contributed by atoms with E-state index in [1.807, 2.05) is 6.07 Å². The number of hydrogen-bond donors (Lipinski definition) is 0. The third-order valence-electron chi connectivity index (χ3n) is 2.74. The van der Waals surface area contributed by atoms with Gasteiger partial charge in [-0.2, -0.15) is 5.26 Å². The average Bonchev–Trinajstić information content (AvgIpc) is 2.36. The Hall–Kier alpha value is -2.14. The highest BCUT2D eigenvalue weighted by atomic mass is 32.2. The third kappa shape index (κ3) is 3.45. The lowest BCUT2D eigenvalue weighted by atomic mass is 10.2. The number of nitro benzene ring substituents is 1. The number of nitro groups is 1. The van der Waals surface area contributed by atoms with Gasteiger partial charge in [0, 0.05) is 19.8 Å². The summed E-state index contributed by atoms with van der Waals surface area (Å²) >= 11 is 0. The highest BCUT2D eigenvalue weighted by Gasteiger charge is 2.28. The normalized spacial score (nSPS) is 12.5. The van der Waals surface area contributed by atoms with Crippen molar-refractivity contribution in [1.82, 2.24) is 0 Å². The van der Waals surface area contributed by atoms with E-state index in [4.69, 9.17) is 5.26 Å². The lowest BCUT2D eigenvalue weighted by Gasteiger charge is -2.20. The quantitative estimate of drug-likeness (QED) is 0.603. The van der Waals surface area contributed by atoms with Gasteiger partial charge in [-0.3, -0.25) is 10.1 Å². The first kappa shape index (κ1) is 15.9. The molecular formula is C12H15N3O4S. The van der Waals surface area contributed by atoms with Crippen molar-refractivity contribution in [1.29, 1.82) is 5.26 Å². The van der Waals surface area contributed by atoms with Gasteiger partial charge in [-0.15, -0.1) is 0 Å². The van der Waals surface area contributed by atoms with Crippen molar-refractivity contribution in [2.45, 2.75) is 11.8 Å². The average molecular weight is 297 g/mol. The highest BCUT2D eigenvalue weighted by molar-refractivity contribution is 7.90.